The van der Waals surface area contributed by atoms with Crippen molar-refractivity contribution in [3.63, 3.8) is 0 Å². The molecule has 0 fully saturated rings. The minimum atomic E-state index is -0.961. The average Bonchev–Trinajstić information content (AvgIpc) is 2.75. The lowest BCUT2D eigenvalue weighted by atomic mass is 10.2. The highest BCUT2D eigenvalue weighted by Crippen LogP contribution is 2.12. The number of nitrogens with one attached hydrogen (secondary N) is 1. The van der Waals surface area contributed by atoms with E-state index in [1.54, 1.807) is 16.8 Å². The number of carbonyl (C=O) groups is 1. The molecule has 0 bridgehead atoms. The van der Waals surface area contributed by atoms with Crippen molar-refractivity contribution in [1.82, 2.24) is 9.78 Å². The van der Waals surface area contributed by atoms with E-state index in [0.29, 0.717) is 5.69 Å². The van der Waals surface area contributed by atoms with Gasteiger partial charge >= 0.3 is 5.97 Å². The van der Waals surface area contributed by atoms with Gasteiger partial charge in [-0.2, -0.15) is 10.2 Å². The third kappa shape index (κ3) is 3.03. The van der Waals surface area contributed by atoms with Gasteiger partial charge in [0.2, 0.25) is 0 Å². The Hall–Kier alpha value is -2.63. The number of hydrogen-bond donors (Lipinski definition) is 2. The zero-order chi connectivity index (χ0) is 14.7. The van der Waals surface area contributed by atoms with E-state index in [0.717, 1.165) is 17.0 Å². The standard InChI is InChI=1S/C14H16N4O2/c1-9(13-8-18(3)17-10(13)2)15-16-12-6-4-5-11(7-12)14(19)20/h4-8,16H,1-3H3,(H,19,20)/b15-9-. The van der Waals surface area contributed by atoms with Crippen molar-refractivity contribution in [1.29, 1.82) is 0 Å². The molecule has 0 aliphatic rings. The molecule has 0 radical (unpaired) electrons. The number of aromatic nitrogens is 2. The summed E-state index contributed by atoms with van der Waals surface area (Å²) in [5.74, 6) is -0.961. The van der Waals surface area contributed by atoms with Crippen LogP contribution in [0.4, 0.5) is 5.69 Å². The molecule has 104 valence electrons. The summed E-state index contributed by atoms with van der Waals surface area (Å²) < 4.78 is 1.73. The first kappa shape index (κ1) is 13.8. The van der Waals surface area contributed by atoms with Crippen LogP contribution in [-0.4, -0.2) is 26.6 Å². The highest BCUT2D eigenvalue weighted by molar-refractivity contribution is 5.99. The van der Waals surface area contributed by atoms with Crippen LogP contribution >= 0.6 is 0 Å². The van der Waals surface area contributed by atoms with Crippen LogP contribution in [0.2, 0.25) is 0 Å². The minimum absolute atomic E-state index is 0.223. The Morgan fingerprint density at radius 2 is 2.20 bits per heavy atom. The second-order valence-corrected chi connectivity index (χ2v) is 4.50. The van der Waals surface area contributed by atoms with Gasteiger partial charge in [-0.1, -0.05) is 6.07 Å². The first-order valence-corrected chi connectivity index (χ1v) is 6.11. The molecule has 1 aromatic carbocycles. The number of aryl methyl sites for hydroxylation is 2. The average molecular weight is 272 g/mol. The summed E-state index contributed by atoms with van der Waals surface area (Å²) in [5, 5.41) is 17.4. The van der Waals surface area contributed by atoms with Crippen LogP contribution in [0.15, 0.2) is 35.6 Å². The number of carboxylic acid groups (broad SMARTS) is 1. The van der Waals surface area contributed by atoms with Gasteiger partial charge in [-0.15, -0.1) is 0 Å². The highest BCUT2D eigenvalue weighted by atomic mass is 16.4. The molecule has 20 heavy (non-hydrogen) atoms. The SMILES string of the molecule is C/C(=N/Nc1cccc(C(=O)O)c1)c1cn(C)nc1C. The topological polar surface area (TPSA) is 79.5 Å². The first-order chi connectivity index (χ1) is 9.47. The summed E-state index contributed by atoms with van der Waals surface area (Å²) in [6, 6.07) is 6.51. The van der Waals surface area contributed by atoms with Gasteiger partial charge in [0.1, 0.15) is 0 Å². The molecular formula is C14H16N4O2. The van der Waals surface area contributed by atoms with E-state index in [1.807, 2.05) is 27.1 Å². The molecule has 2 rings (SSSR count). The van der Waals surface area contributed by atoms with E-state index in [-0.39, 0.29) is 5.56 Å². The van der Waals surface area contributed by atoms with Crippen molar-refractivity contribution in [2.24, 2.45) is 12.1 Å². The van der Waals surface area contributed by atoms with Crippen LogP contribution in [0, 0.1) is 6.92 Å². The lowest BCUT2D eigenvalue weighted by Crippen LogP contribution is -2.01. The summed E-state index contributed by atoms with van der Waals surface area (Å²) in [5.41, 5.74) is 6.35. The van der Waals surface area contributed by atoms with Gasteiger partial charge in [0.05, 0.1) is 22.7 Å². The Morgan fingerprint density at radius 3 is 2.80 bits per heavy atom. The van der Waals surface area contributed by atoms with Crippen molar-refractivity contribution >= 4 is 17.4 Å². The number of carboxylic acids is 1. The molecule has 0 atom stereocenters. The minimum Gasteiger partial charge on any atom is -0.478 e. The predicted octanol–water partition coefficient (Wildman–Crippen LogP) is 2.26. The molecule has 0 unspecified atom stereocenters. The van der Waals surface area contributed by atoms with E-state index in [4.69, 9.17) is 5.11 Å². The lowest BCUT2D eigenvalue weighted by Gasteiger charge is -2.03. The van der Waals surface area contributed by atoms with Gasteiger partial charge < -0.3 is 5.11 Å². The molecule has 1 aromatic heterocycles. The smallest absolute Gasteiger partial charge is 0.335 e. The third-order valence-electron chi connectivity index (χ3n) is 2.87. The quantitative estimate of drug-likeness (QED) is 0.661. The molecule has 2 N–H and O–H groups in total. The number of anilines is 1. The van der Waals surface area contributed by atoms with Crippen molar-refractivity contribution in [2.75, 3.05) is 5.43 Å². The third-order valence-corrected chi connectivity index (χ3v) is 2.87. The van der Waals surface area contributed by atoms with E-state index in [1.165, 1.54) is 12.1 Å². The second kappa shape index (κ2) is 5.56. The zero-order valence-corrected chi connectivity index (χ0v) is 11.6. The van der Waals surface area contributed by atoms with Gasteiger partial charge in [-0.3, -0.25) is 10.1 Å². The largest absolute Gasteiger partial charge is 0.478 e. The van der Waals surface area contributed by atoms with E-state index in [2.05, 4.69) is 15.6 Å². The summed E-state index contributed by atoms with van der Waals surface area (Å²) in [7, 11) is 1.85. The molecule has 0 saturated carbocycles. The Labute approximate surface area is 116 Å². The van der Waals surface area contributed by atoms with Crippen LogP contribution in [0.1, 0.15) is 28.5 Å². The van der Waals surface area contributed by atoms with Crippen molar-refractivity contribution in [3.8, 4) is 0 Å². The second-order valence-electron chi connectivity index (χ2n) is 4.50. The molecule has 0 aliphatic carbocycles. The summed E-state index contributed by atoms with van der Waals surface area (Å²) in [6.45, 7) is 3.79. The zero-order valence-electron chi connectivity index (χ0n) is 11.6. The van der Waals surface area contributed by atoms with Crippen molar-refractivity contribution < 1.29 is 9.90 Å². The summed E-state index contributed by atoms with van der Waals surface area (Å²) >= 11 is 0. The summed E-state index contributed by atoms with van der Waals surface area (Å²) in [6.07, 6.45) is 1.89. The Balaban J connectivity index is 2.18. The number of nitrogens with zero attached hydrogens (tertiary/aromatic N) is 3. The van der Waals surface area contributed by atoms with Crippen LogP contribution < -0.4 is 5.43 Å². The molecule has 6 nitrogen and oxygen atoms in total. The van der Waals surface area contributed by atoms with E-state index in [9.17, 15) is 4.79 Å². The Bertz CT molecular complexity index is 674. The number of rotatable bonds is 4. The Morgan fingerprint density at radius 1 is 1.45 bits per heavy atom. The predicted molar refractivity (Wildman–Crippen MR) is 77.2 cm³/mol. The maximum absolute atomic E-state index is 10.9. The van der Waals surface area contributed by atoms with E-state index >= 15 is 0 Å². The first-order valence-electron chi connectivity index (χ1n) is 6.11. The van der Waals surface area contributed by atoms with Crippen LogP contribution in [0.25, 0.3) is 0 Å². The van der Waals surface area contributed by atoms with Crippen LogP contribution in [0.5, 0.6) is 0 Å². The van der Waals surface area contributed by atoms with Crippen molar-refractivity contribution in [3.05, 3.63) is 47.3 Å². The fourth-order valence-electron chi connectivity index (χ4n) is 1.89. The van der Waals surface area contributed by atoms with Gasteiger partial charge in [-0.05, 0) is 32.0 Å². The molecule has 6 heteroatoms. The molecule has 0 saturated heterocycles. The number of hydrogen-bond acceptors (Lipinski definition) is 4. The molecule has 2 aromatic rings. The van der Waals surface area contributed by atoms with Gasteiger partial charge in [0, 0.05) is 18.8 Å². The lowest BCUT2D eigenvalue weighted by molar-refractivity contribution is 0.0697. The molecule has 1 heterocycles. The molecule has 0 aliphatic heterocycles. The maximum Gasteiger partial charge on any atom is 0.335 e. The maximum atomic E-state index is 10.9. The normalized spacial score (nSPS) is 11.4. The van der Waals surface area contributed by atoms with Crippen LogP contribution in [0.3, 0.4) is 0 Å². The van der Waals surface area contributed by atoms with Gasteiger partial charge in [0.15, 0.2) is 0 Å². The monoisotopic (exact) mass is 272 g/mol. The van der Waals surface area contributed by atoms with Gasteiger partial charge in [0.25, 0.3) is 0 Å². The fraction of sp³-hybridized carbons (Fsp3) is 0.214. The molecule has 0 amide bonds. The highest BCUT2D eigenvalue weighted by Gasteiger charge is 2.06. The van der Waals surface area contributed by atoms with Crippen LogP contribution in [-0.2, 0) is 7.05 Å². The number of aromatic carboxylic acids is 1. The number of benzene rings is 1. The number of hydrazone groups is 1. The van der Waals surface area contributed by atoms with Gasteiger partial charge in [-0.25, -0.2) is 4.79 Å². The fourth-order valence-corrected chi connectivity index (χ4v) is 1.89. The Kier molecular flexibility index (Phi) is 3.84. The van der Waals surface area contributed by atoms with Crippen molar-refractivity contribution in [2.45, 2.75) is 13.8 Å². The summed E-state index contributed by atoms with van der Waals surface area (Å²) in [4.78, 5) is 10.9. The van der Waals surface area contributed by atoms with E-state index < -0.39 is 5.97 Å². The molecular weight excluding hydrogens is 256 g/mol. The molecule has 0 spiro atoms.